The lowest BCUT2D eigenvalue weighted by atomic mass is 9.68. The second kappa shape index (κ2) is 10.0. The quantitative estimate of drug-likeness (QED) is 0.460. The number of hydrogen-bond donors (Lipinski definition) is 0. The highest BCUT2D eigenvalue weighted by atomic mass is 35.5. The van der Waals surface area contributed by atoms with Gasteiger partial charge in [-0.2, -0.15) is 0 Å². The Bertz CT molecular complexity index is 812. The molecule has 0 saturated carbocycles. The van der Waals surface area contributed by atoms with E-state index in [1.165, 1.54) is 14.2 Å². The van der Waals surface area contributed by atoms with E-state index in [1.54, 1.807) is 24.3 Å². The van der Waals surface area contributed by atoms with Gasteiger partial charge in [0.1, 0.15) is 0 Å². The molecule has 0 N–H and O–H groups in total. The van der Waals surface area contributed by atoms with E-state index in [9.17, 15) is 14.4 Å². The Labute approximate surface area is 169 Å². The topological polar surface area (TPSA) is 69.7 Å². The molecule has 0 heterocycles. The number of methoxy groups -OCH3 is 2. The fourth-order valence-corrected chi connectivity index (χ4v) is 3.49. The fraction of sp³-hybridized carbons (Fsp3) is 0.318. The van der Waals surface area contributed by atoms with Gasteiger partial charge in [0.15, 0.2) is 5.78 Å². The van der Waals surface area contributed by atoms with Gasteiger partial charge in [-0.1, -0.05) is 54.1 Å². The Balaban J connectivity index is 2.57. The maximum atomic E-state index is 13.7. The van der Waals surface area contributed by atoms with Crippen LogP contribution in [0.1, 0.15) is 41.6 Å². The first-order valence-electron chi connectivity index (χ1n) is 8.93. The normalized spacial score (nSPS) is 11.0. The van der Waals surface area contributed by atoms with Crippen molar-refractivity contribution < 1.29 is 23.9 Å². The number of benzene rings is 2. The highest BCUT2D eigenvalue weighted by molar-refractivity contribution is 6.34. The van der Waals surface area contributed by atoms with Crippen molar-refractivity contribution in [1.29, 1.82) is 0 Å². The minimum absolute atomic E-state index is 0.0305. The van der Waals surface area contributed by atoms with E-state index in [0.717, 1.165) is 0 Å². The molecule has 0 spiro atoms. The summed E-state index contributed by atoms with van der Waals surface area (Å²) >= 11 is 6.29. The van der Waals surface area contributed by atoms with Crippen molar-refractivity contribution in [1.82, 2.24) is 0 Å². The van der Waals surface area contributed by atoms with Gasteiger partial charge in [-0.25, -0.2) is 0 Å². The van der Waals surface area contributed by atoms with Crippen molar-refractivity contribution >= 4 is 29.3 Å². The Morgan fingerprint density at radius 3 is 1.82 bits per heavy atom. The number of halogens is 1. The third kappa shape index (κ3) is 4.98. The van der Waals surface area contributed by atoms with Gasteiger partial charge < -0.3 is 9.47 Å². The van der Waals surface area contributed by atoms with E-state index >= 15 is 0 Å². The van der Waals surface area contributed by atoms with Gasteiger partial charge in [0.2, 0.25) is 0 Å². The van der Waals surface area contributed by atoms with Crippen molar-refractivity contribution in [3.63, 3.8) is 0 Å². The largest absolute Gasteiger partial charge is 0.469 e. The van der Waals surface area contributed by atoms with E-state index in [2.05, 4.69) is 0 Å². The average molecular weight is 403 g/mol. The molecule has 5 nitrogen and oxygen atoms in total. The average Bonchev–Trinajstić information content (AvgIpc) is 2.74. The summed E-state index contributed by atoms with van der Waals surface area (Å²) < 4.78 is 9.54. The van der Waals surface area contributed by atoms with Crippen LogP contribution < -0.4 is 0 Å². The van der Waals surface area contributed by atoms with Crippen LogP contribution >= 0.6 is 11.6 Å². The highest BCUT2D eigenvalue weighted by Gasteiger charge is 2.41. The number of rotatable bonds is 9. The molecule has 0 bridgehead atoms. The Morgan fingerprint density at radius 1 is 0.821 bits per heavy atom. The molecule has 0 fully saturated rings. The minimum Gasteiger partial charge on any atom is -0.469 e. The number of hydrogen-bond acceptors (Lipinski definition) is 5. The summed E-state index contributed by atoms with van der Waals surface area (Å²) in [5.74, 6) is -1.09. The summed E-state index contributed by atoms with van der Waals surface area (Å²) in [6, 6.07) is 15.9. The van der Waals surface area contributed by atoms with Crippen LogP contribution in [-0.2, 0) is 24.5 Å². The molecule has 0 atom stereocenters. The number of ketones is 1. The molecule has 0 radical (unpaired) electrons. The summed E-state index contributed by atoms with van der Waals surface area (Å²) in [4.78, 5) is 37.4. The van der Waals surface area contributed by atoms with E-state index in [-0.39, 0.29) is 31.5 Å². The molecular weight excluding hydrogens is 380 g/mol. The summed E-state index contributed by atoms with van der Waals surface area (Å²) in [7, 11) is 2.60. The third-order valence-corrected chi connectivity index (χ3v) is 5.18. The van der Waals surface area contributed by atoms with E-state index < -0.39 is 17.4 Å². The summed E-state index contributed by atoms with van der Waals surface area (Å²) in [6.45, 7) is 0. The van der Waals surface area contributed by atoms with Crippen molar-refractivity contribution in [3.05, 3.63) is 70.7 Å². The standard InChI is InChI=1S/C22H23ClO5/c1-27-19(24)12-14-22(15-13-20(25)28-2,16-8-4-3-5-9-16)21(26)17-10-6-7-11-18(17)23/h3-11H,12-15H2,1-2H3. The second-order valence-corrected chi connectivity index (χ2v) is 6.82. The van der Waals surface area contributed by atoms with Crippen LogP contribution in [0.4, 0.5) is 0 Å². The lowest BCUT2D eigenvalue weighted by molar-refractivity contribution is -0.141. The molecule has 2 rings (SSSR count). The molecule has 148 valence electrons. The van der Waals surface area contributed by atoms with Gasteiger partial charge in [0.05, 0.1) is 24.7 Å². The molecule has 0 amide bonds. The van der Waals surface area contributed by atoms with Gasteiger partial charge in [0.25, 0.3) is 0 Å². The Kier molecular flexibility index (Phi) is 7.76. The molecule has 2 aromatic carbocycles. The van der Waals surface area contributed by atoms with Crippen molar-refractivity contribution in [3.8, 4) is 0 Å². The zero-order valence-electron chi connectivity index (χ0n) is 15.9. The van der Waals surface area contributed by atoms with Gasteiger partial charge in [-0.05, 0) is 30.5 Å². The van der Waals surface area contributed by atoms with Crippen LogP contribution in [0.3, 0.4) is 0 Å². The smallest absolute Gasteiger partial charge is 0.305 e. The maximum Gasteiger partial charge on any atom is 0.305 e. The molecule has 2 aromatic rings. The summed E-state index contributed by atoms with van der Waals surface area (Å²) in [6.07, 6.45) is 0.432. The number of carbonyl (C=O) groups is 3. The van der Waals surface area contributed by atoms with Gasteiger partial charge in [0, 0.05) is 18.4 Å². The predicted molar refractivity (Wildman–Crippen MR) is 106 cm³/mol. The van der Waals surface area contributed by atoms with Crippen LogP contribution in [-0.4, -0.2) is 31.9 Å². The van der Waals surface area contributed by atoms with Crippen LogP contribution in [0, 0.1) is 0 Å². The van der Waals surface area contributed by atoms with Crippen molar-refractivity contribution in [2.45, 2.75) is 31.1 Å². The molecule has 0 unspecified atom stereocenters. The zero-order chi connectivity index (χ0) is 20.6. The van der Waals surface area contributed by atoms with Crippen LogP contribution in [0.5, 0.6) is 0 Å². The van der Waals surface area contributed by atoms with E-state index in [4.69, 9.17) is 21.1 Å². The van der Waals surface area contributed by atoms with Crippen LogP contribution in [0.15, 0.2) is 54.6 Å². The number of Topliss-reactive ketones (excluding diaryl/α,β-unsaturated/α-hetero) is 1. The van der Waals surface area contributed by atoms with Gasteiger partial charge in [-0.3, -0.25) is 14.4 Å². The molecule has 6 heteroatoms. The highest BCUT2D eigenvalue weighted by Crippen LogP contribution is 2.39. The van der Waals surface area contributed by atoms with Crippen molar-refractivity contribution in [2.75, 3.05) is 14.2 Å². The third-order valence-electron chi connectivity index (χ3n) is 4.85. The Hall–Kier alpha value is -2.66. The van der Waals surface area contributed by atoms with Crippen LogP contribution in [0.2, 0.25) is 5.02 Å². The maximum absolute atomic E-state index is 13.7. The summed E-state index contributed by atoms with van der Waals surface area (Å²) in [5.41, 5.74) is -0.0512. The van der Waals surface area contributed by atoms with Crippen molar-refractivity contribution in [2.24, 2.45) is 0 Å². The van der Waals surface area contributed by atoms with Gasteiger partial charge in [-0.15, -0.1) is 0 Å². The summed E-state index contributed by atoms with van der Waals surface area (Å²) in [5, 5.41) is 0.323. The molecule has 0 aliphatic rings. The number of esters is 2. The zero-order valence-corrected chi connectivity index (χ0v) is 16.7. The molecule has 0 aliphatic heterocycles. The minimum atomic E-state index is -1.12. The molecule has 28 heavy (non-hydrogen) atoms. The lowest BCUT2D eigenvalue weighted by Gasteiger charge is -2.33. The monoisotopic (exact) mass is 402 g/mol. The second-order valence-electron chi connectivity index (χ2n) is 6.41. The predicted octanol–water partition coefficient (Wildman–Crippen LogP) is 4.37. The Morgan fingerprint density at radius 2 is 1.32 bits per heavy atom. The lowest BCUT2D eigenvalue weighted by Crippen LogP contribution is -2.38. The SMILES string of the molecule is COC(=O)CCC(CCC(=O)OC)(C(=O)c1ccccc1Cl)c1ccccc1. The first kappa shape index (κ1) is 21.6. The first-order chi connectivity index (χ1) is 13.4. The molecule has 0 aromatic heterocycles. The van der Waals surface area contributed by atoms with E-state index in [1.807, 2.05) is 30.3 Å². The molecular formula is C22H23ClO5. The number of ether oxygens (including phenoxy) is 2. The number of carbonyl (C=O) groups excluding carboxylic acids is 3. The van der Waals surface area contributed by atoms with E-state index in [0.29, 0.717) is 16.1 Å². The van der Waals surface area contributed by atoms with Crippen LogP contribution in [0.25, 0.3) is 0 Å². The molecule has 0 aliphatic carbocycles. The fourth-order valence-electron chi connectivity index (χ4n) is 3.27. The van der Waals surface area contributed by atoms with Gasteiger partial charge >= 0.3 is 11.9 Å². The first-order valence-corrected chi connectivity index (χ1v) is 9.31. The molecule has 0 saturated heterocycles.